The summed E-state index contributed by atoms with van der Waals surface area (Å²) in [5.74, 6) is 1.42. The molecular weight excluding hydrogens is 284 g/mol. The number of hydrogen-bond acceptors (Lipinski definition) is 4. The van der Waals surface area contributed by atoms with E-state index in [1.807, 2.05) is 18.2 Å². The Kier molecular flexibility index (Phi) is 5.63. The van der Waals surface area contributed by atoms with Crippen LogP contribution in [0.3, 0.4) is 0 Å². The van der Waals surface area contributed by atoms with Gasteiger partial charge < -0.3 is 20.1 Å². The van der Waals surface area contributed by atoms with E-state index in [-0.39, 0.29) is 24.3 Å². The predicted octanol–water partition coefficient (Wildman–Crippen LogP) is 0.889. The minimum absolute atomic E-state index is 0.0235. The number of nitrogens with one attached hydrogen (secondary N) is 2. The summed E-state index contributed by atoms with van der Waals surface area (Å²) in [7, 11) is 3.22. The van der Waals surface area contributed by atoms with E-state index in [4.69, 9.17) is 9.47 Å². The maximum Gasteiger partial charge on any atom is 0.239 e. The van der Waals surface area contributed by atoms with Crippen molar-refractivity contribution in [1.29, 1.82) is 0 Å². The lowest BCUT2D eigenvalue weighted by molar-refractivity contribution is -0.126. The summed E-state index contributed by atoms with van der Waals surface area (Å²) in [5.41, 5.74) is 0.962. The Morgan fingerprint density at radius 3 is 2.59 bits per heavy atom. The number of amides is 2. The molecule has 2 amide bonds. The SMILES string of the molecule is COc1ccc(OC)c(CCNC(=O)CNC(=O)C2CC2)c1. The lowest BCUT2D eigenvalue weighted by atomic mass is 10.1. The summed E-state index contributed by atoms with van der Waals surface area (Å²) in [6.45, 7) is 0.506. The Morgan fingerprint density at radius 1 is 1.18 bits per heavy atom. The molecule has 0 atom stereocenters. The zero-order chi connectivity index (χ0) is 15.9. The van der Waals surface area contributed by atoms with Gasteiger partial charge in [-0.05, 0) is 43.0 Å². The summed E-state index contributed by atoms with van der Waals surface area (Å²) in [6, 6.07) is 5.56. The van der Waals surface area contributed by atoms with E-state index in [0.29, 0.717) is 13.0 Å². The van der Waals surface area contributed by atoms with E-state index in [0.717, 1.165) is 29.9 Å². The van der Waals surface area contributed by atoms with Crippen molar-refractivity contribution < 1.29 is 19.1 Å². The van der Waals surface area contributed by atoms with E-state index in [1.165, 1.54) is 0 Å². The van der Waals surface area contributed by atoms with Gasteiger partial charge in [-0.2, -0.15) is 0 Å². The molecule has 1 saturated carbocycles. The Labute approximate surface area is 130 Å². The second kappa shape index (κ2) is 7.68. The fourth-order valence-electron chi connectivity index (χ4n) is 2.13. The lowest BCUT2D eigenvalue weighted by Crippen LogP contribution is -2.38. The highest BCUT2D eigenvalue weighted by molar-refractivity contribution is 5.86. The molecule has 1 aromatic carbocycles. The lowest BCUT2D eigenvalue weighted by Gasteiger charge is -2.11. The zero-order valence-corrected chi connectivity index (χ0v) is 13.0. The van der Waals surface area contributed by atoms with Crippen molar-refractivity contribution in [2.24, 2.45) is 5.92 Å². The number of carbonyl (C=O) groups is 2. The summed E-state index contributed by atoms with van der Waals surface area (Å²) < 4.78 is 10.5. The van der Waals surface area contributed by atoms with Crippen molar-refractivity contribution in [1.82, 2.24) is 10.6 Å². The fraction of sp³-hybridized carbons (Fsp3) is 0.500. The Hall–Kier alpha value is -2.24. The topological polar surface area (TPSA) is 76.7 Å². The van der Waals surface area contributed by atoms with Gasteiger partial charge in [-0.15, -0.1) is 0 Å². The van der Waals surface area contributed by atoms with Gasteiger partial charge in [0.2, 0.25) is 11.8 Å². The van der Waals surface area contributed by atoms with Crippen molar-refractivity contribution >= 4 is 11.8 Å². The third-order valence-electron chi connectivity index (χ3n) is 3.58. The van der Waals surface area contributed by atoms with Gasteiger partial charge in [-0.1, -0.05) is 0 Å². The molecule has 0 saturated heterocycles. The third kappa shape index (κ3) is 4.65. The number of ether oxygens (including phenoxy) is 2. The number of benzene rings is 1. The summed E-state index contributed by atoms with van der Waals surface area (Å²) in [5, 5.41) is 5.42. The third-order valence-corrected chi connectivity index (χ3v) is 3.58. The highest BCUT2D eigenvalue weighted by Crippen LogP contribution is 2.28. The molecule has 0 unspecified atom stereocenters. The van der Waals surface area contributed by atoms with Crippen LogP contribution in [0.25, 0.3) is 0 Å². The maximum absolute atomic E-state index is 11.7. The second-order valence-corrected chi connectivity index (χ2v) is 5.27. The van der Waals surface area contributed by atoms with E-state index < -0.39 is 0 Å². The first-order chi connectivity index (χ1) is 10.6. The Bertz CT molecular complexity index is 541. The zero-order valence-electron chi connectivity index (χ0n) is 13.0. The smallest absolute Gasteiger partial charge is 0.239 e. The van der Waals surface area contributed by atoms with Gasteiger partial charge >= 0.3 is 0 Å². The number of methoxy groups -OCH3 is 2. The van der Waals surface area contributed by atoms with E-state index >= 15 is 0 Å². The molecule has 2 rings (SSSR count). The number of hydrogen-bond donors (Lipinski definition) is 2. The second-order valence-electron chi connectivity index (χ2n) is 5.27. The van der Waals surface area contributed by atoms with Crippen molar-refractivity contribution in [2.45, 2.75) is 19.3 Å². The van der Waals surface area contributed by atoms with Gasteiger partial charge in [0.05, 0.1) is 20.8 Å². The van der Waals surface area contributed by atoms with Crippen LogP contribution in [0.15, 0.2) is 18.2 Å². The summed E-state index contributed by atoms with van der Waals surface area (Å²) in [6.07, 6.45) is 2.49. The molecule has 0 spiro atoms. The predicted molar refractivity (Wildman–Crippen MR) is 82.0 cm³/mol. The van der Waals surface area contributed by atoms with Crippen LogP contribution in [0.5, 0.6) is 11.5 Å². The molecule has 0 aliphatic heterocycles. The van der Waals surface area contributed by atoms with E-state index in [1.54, 1.807) is 14.2 Å². The van der Waals surface area contributed by atoms with E-state index in [2.05, 4.69) is 10.6 Å². The molecule has 0 heterocycles. The molecule has 1 aliphatic rings. The molecule has 120 valence electrons. The normalized spacial score (nSPS) is 13.4. The highest BCUT2D eigenvalue weighted by atomic mass is 16.5. The fourth-order valence-corrected chi connectivity index (χ4v) is 2.13. The highest BCUT2D eigenvalue weighted by Gasteiger charge is 2.29. The molecule has 6 heteroatoms. The van der Waals surface area contributed by atoms with Gasteiger partial charge in [-0.3, -0.25) is 9.59 Å². The van der Waals surface area contributed by atoms with Crippen molar-refractivity contribution in [3.05, 3.63) is 23.8 Å². The first kappa shape index (κ1) is 16.1. The van der Waals surface area contributed by atoms with Gasteiger partial charge in [0.1, 0.15) is 11.5 Å². The molecule has 0 aromatic heterocycles. The van der Waals surface area contributed by atoms with Crippen LogP contribution in [0.1, 0.15) is 18.4 Å². The van der Waals surface area contributed by atoms with Crippen LogP contribution in [-0.2, 0) is 16.0 Å². The average molecular weight is 306 g/mol. The van der Waals surface area contributed by atoms with Crippen molar-refractivity contribution in [2.75, 3.05) is 27.3 Å². The molecule has 1 fully saturated rings. The van der Waals surface area contributed by atoms with Crippen LogP contribution in [0.4, 0.5) is 0 Å². The molecule has 0 radical (unpaired) electrons. The Morgan fingerprint density at radius 2 is 1.95 bits per heavy atom. The quantitative estimate of drug-likeness (QED) is 0.748. The van der Waals surface area contributed by atoms with Gasteiger partial charge in [-0.25, -0.2) is 0 Å². The summed E-state index contributed by atoms with van der Waals surface area (Å²) in [4.78, 5) is 23.1. The monoisotopic (exact) mass is 306 g/mol. The van der Waals surface area contributed by atoms with Crippen LogP contribution < -0.4 is 20.1 Å². The minimum atomic E-state index is -0.184. The number of carbonyl (C=O) groups excluding carboxylic acids is 2. The maximum atomic E-state index is 11.7. The van der Waals surface area contributed by atoms with Crippen LogP contribution in [0.2, 0.25) is 0 Å². The molecule has 1 aromatic rings. The minimum Gasteiger partial charge on any atom is -0.497 e. The average Bonchev–Trinajstić information content (AvgIpc) is 3.37. The first-order valence-corrected chi connectivity index (χ1v) is 7.39. The Balaban J connectivity index is 1.75. The molecule has 0 bridgehead atoms. The van der Waals surface area contributed by atoms with Crippen LogP contribution in [0, 0.1) is 5.92 Å². The molecule has 2 N–H and O–H groups in total. The van der Waals surface area contributed by atoms with Gasteiger partial charge in [0.25, 0.3) is 0 Å². The number of rotatable bonds is 8. The van der Waals surface area contributed by atoms with Gasteiger partial charge in [0.15, 0.2) is 0 Å². The summed E-state index contributed by atoms with van der Waals surface area (Å²) >= 11 is 0. The molecular formula is C16H22N2O4. The largest absolute Gasteiger partial charge is 0.497 e. The van der Waals surface area contributed by atoms with Crippen LogP contribution >= 0.6 is 0 Å². The first-order valence-electron chi connectivity index (χ1n) is 7.39. The van der Waals surface area contributed by atoms with E-state index in [9.17, 15) is 9.59 Å². The molecule has 22 heavy (non-hydrogen) atoms. The molecule has 1 aliphatic carbocycles. The van der Waals surface area contributed by atoms with Crippen molar-refractivity contribution in [3.8, 4) is 11.5 Å². The standard InChI is InChI=1S/C16H22N2O4/c1-21-13-5-6-14(22-2)12(9-13)7-8-17-15(19)10-18-16(20)11-3-4-11/h5-6,9,11H,3-4,7-8,10H2,1-2H3,(H,17,19)(H,18,20). The van der Waals surface area contributed by atoms with Gasteiger partial charge in [0, 0.05) is 12.5 Å². The van der Waals surface area contributed by atoms with Crippen molar-refractivity contribution in [3.63, 3.8) is 0 Å². The molecule has 6 nitrogen and oxygen atoms in total. The van der Waals surface area contributed by atoms with Crippen LogP contribution in [-0.4, -0.2) is 39.1 Å².